The van der Waals surface area contributed by atoms with Crippen LogP contribution in [-0.4, -0.2) is 23.3 Å². The molecule has 0 bridgehead atoms. The maximum absolute atomic E-state index is 11.0. The third-order valence-corrected chi connectivity index (χ3v) is 2.94. The Labute approximate surface area is 108 Å². The maximum Gasteiger partial charge on any atom is 0.433 e. The van der Waals surface area contributed by atoms with Gasteiger partial charge in [-0.1, -0.05) is 6.92 Å². The van der Waals surface area contributed by atoms with E-state index in [2.05, 4.69) is 4.74 Å². The summed E-state index contributed by atoms with van der Waals surface area (Å²) in [4.78, 5) is 20.8. The van der Waals surface area contributed by atoms with Gasteiger partial charge in [-0.2, -0.15) is 0 Å². The summed E-state index contributed by atoms with van der Waals surface area (Å²) in [6.07, 6.45) is 1.93. The first-order chi connectivity index (χ1) is 8.52. The van der Waals surface area contributed by atoms with Crippen molar-refractivity contribution in [3.63, 3.8) is 0 Å². The van der Waals surface area contributed by atoms with Crippen LogP contribution < -0.4 is 0 Å². The first-order valence-corrected chi connectivity index (χ1v) is 6.10. The minimum absolute atomic E-state index is 0.0682. The van der Waals surface area contributed by atoms with Crippen LogP contribution in [-0.2, 0) is 9.53 Å². The highest BCUT2D eigenvalue weighted by Crippen LogP contribution is 2.20. The standard InChI is InChI=1S/C11H13NO5S/c1-8(7-11(13)16-2)18-6-5-9-3-4-10(17-9)12(14)15/h3-6,8H,7H2,1-2H3/b6-5+. The molecule has 0 amide bonds. The molecule has 1 unspecified atom stereocenters. The number of hydrogen-bond acceptors (Lipinski definition) is 6. The molecule has 0 N–H and O–H groups in total. The largest absolute Gasteiger partial charge is 0.469 e. The van der Waals surface area contributed by atoms with Gasteiger partial charge in [-0.05, 0) is 17.6 Å². The molecule has 0 spiro atoms. The Morgan fingerprint density at radius 1 is 1.67 bits per heavy atom. The van der Waals surface area contributed by atoms with Crippen LogP contribution in [0.2, 0.25) is 0 Å². The second-order valence-corrected chi connectivity index (χ2v) is 4.81. The molecule has 1 rings (SSSR count). The van der Waals surface area contributed by atoms with Crippen LogP contribution >= 0.6 is 11.8 Å². The lowest BCUT2D eigenvalue weighted by Crippen LogP contribution is -2.07. The van der Waals surface area contributed by atoms with Crippen molar-refractivity contribution in [1.82, 2.24) is 0 Å². The molecule has 0 radical (unpaired) electrons. The zero-order chi connectivity index (χ0) is 13.5. The number of carbonyl (C=O) groups is 1. The highest BCUT2D eigenvalue weighted by atomic mass is 32.2. The number of carbonyl (C=O) groups excluding carboxylic acids is 1. The predicted octanol–water partition coefficient (Wildman–Crippen LogP) is 2.84. The number of ether oxygens (including phenoxy) is 1. The molecule has 0 saturated carbocycles. The lowest BCUT2D eigenvalue weighted by atomic mass is 10.3. The van der Waals surface area contributed by atoms with Gasteiger partial charge in [0.1, 0.15) is 10.7 Å². The number of nitrogens with zero attached hydrogens (tertiary/aromatic N) is 1. The third kappa shape index (κ3) is 4.62. The normalized spacial score (nSPS) is 12.6. The molecular weight excluding hydrogens is 258 g/mol. The fraction of sp³-hybridized carbons (Fsp3) is 0.364. The zero-order valence-corrected chi connectivity index (χ0v) is 10.8. The van der Waals surface area contributed by atoms with Gasteiger partial charge < -0.3 is 9.15 Å². The summed E-state index contributed by atoms with van der Waals surface area (Å²) >= 11 is 1.42. The number of esters is 1. The SMILES string of the molecule is COC(=O)CC(C)S/C=C/c1ccc([N+](=O)[O-])o1. The molecule has 7 heteroatoms. The van der Waals surface area contributed by atoms with E-state index in [1.165, 1.54) is 31.0 Å². The van der Waals surface area contributed by atoms with Gasteiger partial charge in [0.15, 0.2) is 0 Å². The van der Waals surface area contributed by atoms with Crippen LogP contribution in [0.5, 0.6) is 0 Å². The molecule has 98 valence electrons. The fourth-order valence-electron chi connectivity index (χ4n) is 1.14. The van der Waals surface area contributed by atoms with Gasteiger partial charge in [0.25, 0.3) is 0 Å². The van der Waals surface area contributed by atoms with Crippen molar-refractivity contribution in [1.29, 1.82) is 0 Å². The van der Waals surface area contributed by atoms with Crippen molar-refractivity contribution in [2.75, 3.05) is 7.11 Å². The third-order valence-electron chi connectivity index (χ3n) is 2.02. The average Bonchev–Trinajstić information content (AvgIpc) is 2.77. The van der Waals surface area contributed by atoms with E-state index in [1.807, 2.05) is 6.92 Å². The first kappa shape index (κ1) is 14.3. The van der Waals surface area contributed by atoms with E-state index in [0.29, 0.717) is 12.2 Å². The van der Waals surface area contributed by atoms with Crippen LogP contribution in [0.15, 0.2) is 22.0 Å². The summed E-state index contributed by atoms with van der Waals surface area (Å²) in [6.45, 7) is 1.89. The number of methoxy groups -OCH3 is 1. The van der Waals surface area contributed by atoms with Crippen molar-refractivity contribution < 1.29 is 18.9 Å². The molecule has 0 aliphatic rings. The summed E-state index contributed by atoms with van der Waals surface area (Å²) in [5, 5.41) is 12.2. The van der Waals surface area contributed by atoms with Crippen LogP contribution in [0, 0.1) is 10.1 Å². The lowest BCUT2D eigenvalue weighted by molar-refractivity contribution is -0.402. The Kier molecular flexibility index (Phi) is 5.44. The van der Waals surface area contributed by atoms with Crippen molar-refractivity contribution in [3.05, 3.63) is 33.4 Å². The Morgan fingerprint density at radius 3 is 2.94 bits per heavy atom. The van der Waals surface area contributed by atoms with Crippen LogP contribution in [0.1, 0.15) is 19.1 Å². The minimum atomic E-state index is -0.593. The van der Waals surface area contributed by atoms with Gasteiger partial charge in [0.2, 0.25) is 0 Å². The van der Waals surface area contributed by atoms with Crippen molar-refractivity contribution in [3.8, 4) is 0 Å². The van der Waals surface area contributed by atoms with Crippen molar-refractivity contribution in [2.24, 2.45) is 0 Å². The molecule has 18 heavy (non-hydrogen) atoms. The van der Waals surface area contributed by atoms with Gasteiger partial charge in [0.05, 0.1) is 19.6 Å². The van der Waals surface area contributed by atoms with Crippen LogP contribution in [0.4, 0.5) is 5.88 Å². The van der Waals surface area contributed by atoms with Crippen molar-refractivity contribution >= 4 is 29.7 Å². The zero-order valence-electron chi connectivity index (χ0n) is 9.99. The molecule has 6 nitrogen and oxygen atoms in total. The number of thioether (sulfide) groups is 1. The van der Waals surface area contributed by atoms with Gasteiger partial charge in [-0.3, -0.25) is 14.9 Å². The summed E-state index contributed by atoms with van der Waals surface area (Å²) < 4.78 is 9.48. The van der Waals surface area contributed by atoms with E-state index in [1.54, 1.807) is 11.5 Å². The van der Waals surface area contributed by atoms with E-state index in [0.717, 1.165) is 0 Å². The molecule has 1 aromatic rings. The van der Waals surface area contributed by atoms with E-state index >= 15 is 0 Å². The Balaban J connectivity index is 2.44. The monoisotopic (exact) mass is 271 g/mol. The Hall–Kier alpha value is -1.76. The van der Waals surface area contributed by atoms with E-state index in [-0.39, 0.29) is 17.1 Å². The summed E-state index contributed by atoms with van der Waals surface area (Å²) in [5.41, 5.74) is 0. The highest BCUT2D eigenvalue weighted by molar-refractivity contribution is 8.02. The summed E-state index contributed by atoms with van der Waals surface area (Å²) in [6, 6.07) is 2.81. The fourth-order valence-corrected chi connectivity index (χ4v) is 1.85. The van der Waals surface area contributed by atoms with E-state index in [9.17, 15) is 14.9 Å². The van der Waals surface area contributed by atoms with E-state index in [4.69, 9.17) is 4.42 Å². The topological polar surface area (TPSA) is 82.6 Å². The lowest BCUT2D eigenvalue weighted by Gasteiger charge is -2.05. The van der Waals surface area contributed by atoms with Gasteiger partial charge >= 0.3 is 11.9 Å². The average molecular weight is 271 g/mol. The summed E-state index contributed by atoms with van der Waals surface area (Å²) in [7, 11) is 1.34. The molecular formula is C11H13NO5S. The number of rotatable bonds is 6. The second kappa shape index (κ2) is 6.85. The molecule has 0 aliphatic heterocycles. The van der Waals surface area contributed by atoms with Crippen LogP contribution in [0.3, 0.4) is 0 Å². The molecule has 0 fully saturated rings. The smallest absolute Gasteiger partial charge is 0.433 e. The van der Waals surface area contributed by atoms with Crippen molar-refractivity contribution in [2.45, 2.75) is 18.6 Å². The van der Waals surface area contributed by atoms with Gasteiger partial charge in [-0.25, -0.2) is 0 Å². The summed E-state index contributed by atoms with van der Waals surface area (Å²) in [5.74, 6) is -0.154. The Morgan fingerprint density at radius 2 is 2.39 bits per heavy atom. The number of nitro groups is 1. The number of hydrogen-bond donors (Lipinski definition) is 0. The maximum atomic E-state index is 11.0. The molecule has 0 saturated heterocycles. The molecule has 0 aromatic carbocycles. The van der Waals surface area contributed by atoms with Crippen LogP contribution in [0.25, 0.3) is 6.08 Å². The van der Waals surface area contributed by atoms with Gasteiger partial charge in [0, 0.05) is 5.25 Å². The quantitative estimate of drug-likeness (QED) is 0.449. The first-order valence-electron chi connectivity index (χ1n) is 5.16. The molecule has 1 aromatic heterocycles. The molecule has 0 aliphatic carbocycles. The highest BCUT2D eigenvalue weighted by Gasteiger charge is 2.10. The minimum Gasteiger partial charge on any atom is -0.469 e. The Bertz CT molecular complexity index is 454. The number of furan rings is 1. The second-order valence-electron chi connectivity index (χ2n) is 3.46. The molecule has 1 heterocycles. The van der Waals surface area contributed by atoms with Gasteiger partial charge in [-0.15, -0.1) is 11.8 Å². The molecule has 1 atom stereocenters. The van der Waals surface area contributed by atoms with E-state index < -0.39 is 4.92 Å². The predicted molar refractivity (Wildman–Crippen MR) is 68.1 cm³/mol.